The molecule has 1 amide bonds. The van der Waals surface area contributed by atoms with Gasteiger partial charge in [-0.1, -0.05) is 18.2 Å². The zero-order valence-corrected chi connectivity index (χ0v) is 12.7. The monoisotopic (exact) mass is 314 g/mol. The number of hydrogen-bond acceptors (Lipinski definition) is 4. The highest BCUT2D eigenvalue weighted by Crippen LogP contribution is 2.17. The first kappa shape index (κ1) is 15.3. The van der Waals surface area contributed by atoms with E-state index in [9.17, 15) is 4.79 Å². The predicted octanol–water partition coefficient (Wildman–Crippen LogP) is 3.95. The third-order valence-corrected chi connectivity index (χ3v) is 3.33. The van der Waals surface area contributed by atoms with Gasteiger partial charge < -0.3 is 10.6 Å². The normalized spacial score (nSPS) is 9.79. The van der Waals surface area contributed by atoms with Crippen LogP contribution in [0.1, 0.15) is 16.1 Å². The molecule has 0 saturated heterocycles. The van der Waals surface area contributed by atoms with Crippen LogP contribution in [0, 0.1) is 11.3 Å². The van der Waals surface area contributed by atoms with E-state index in [0.717, 1.165) is 11.4 Å². The van der Waals surface area contributed by atoms with Crippen LogP contribution in [0.5, 0.6) is 0 Å². The molecule has 0 unspecified atom stereocenters. The fourth-order valence-corrected chi connectivity index (χ4v) is 2.14. The Hall–Kier alpha value is -3.65. The van der Waals surface area contributed by atoms with Gasteiger partial charge in [0.05, 0.1) is 11.6 Å². The second-order valence-electron chi connectivity index (χ2n) is 5.06. The summed E-state index contributed by atoms with van der Waals surface area (Å²) in [5.41, 5.74) is 3.17. The average molecular weight is 314 g/mol. The SMILES string of the molecule is N#Cc1ccc(NC(=O)c2cc(Nc3ccccc3)ccn2)cc1. The zero-order valence-electron chi connectivity index (χ0n) is 12.7. The van der Waals surface area contributed by atoms with Gasteiger partial charge in [-0.25, -0.2) is 0 Å². The number of anilines is 3. The summed E-state index contributed by atoms with van der Waals surface area (Å²) in [5.74, 6) is -0.309. The van der Waals surface area contributed by atoms with Crippen molar-refractivity contribution in [2.45, 2.75) is 0 Å². The van der Waals surface area contributed by atoms with Crippen molar-refractivity contribution in [2.75, 3.05) is 10.6 Å². The van der Waals surface area contributed by atoms with Crippen LogP contribution >= 0.6 is 0 Å². The molecule has 0 bridgehead atoms. The zero-order chi connectivity index (χ0) is 16.8. The molecule has 0 aliphatic carbocycles. The van der Waals surface area contributed by atoms with Crippen molar-refractivity contribution < 1.29 is 4.79 Å². The van der Waals surface area contributed by atoms with Gasteiger partial charge in [0.15, 0.2) is 0 Å². The Balaban J connectivity index is 1.73. The summed E-state index contributed by atoms with van der Waals surface area (Å²) in [4.78, 5) is 16.4. The molecule has 1 aromatic heterocycles. The number of nitrogens with one attached hydrogen (secondary N) is 2. The summed E-state index contributed by atoms with van der Waals surface area (Å²) >= 11 is 0. The minimum absolute atomic E-state index is 0.306. The van der Waals surface area contributed by atoms with Gasteiger partial charge in [0, 0.05) is 23.3 Å². The maximum absolute atomic E-state index is 12.3. The number of carbonyl (C=O) groups excluding carboxylic acids is 1. The minimum Gasteiger partial charge on any atom is -0.355 e. The van der Waals surface area contributed by atoms with Crippen LogP contribution in [-0.2, 0) is 0 Å². The number of para-hydroxylation sites is 1. The number of rotatable bonds is 4. The number of aromatic nitrogens is 1. The van der Waals surface area contributed by atoms with E-state index < -0.39 is 0 Å². The summed E-state index contributed by atoms with van der Waals surface area (Å²) in [6.07, 6.45) is 1.58. The largest absolute Gasteiger partial charge is 0.355 e. The maximum atomic E-state index is 12.3. The van der Waals surface area contributed by atoms with Gasteiger partial charge in [0.2, 0.25) is 0 Å². The lowest BCUT2D eigenvalue weighted by Crippen LogP contribution is -2.13. The van der Waals surface area contributed by atoms with Crippen LogP contribution in [0.15, 0.2) is 72.9 Å². The molecular weight excluding hydrogens is 300 g/mol. The summed E-state index contributed by atoms with van der Waals surface area (Å²) in [7, 11) is 0. The summed E-state index contributed by atoms with van der Waals surface area (Å²) in [6, 6.07) is 21.9. The molecule has 116 valence electrons. The molecule has 2 aromatic carbocycles. The average Bonchev–Trinajstić information content (AvgIpc) is 2.63. The second-order valence-corrected chi connectivity index (χ2v) is 5.06. The number of pyridine rings is 1. The number of carbonyl (C=O) groups is 1. The third-order valence-electron chi connectivity index (χ3n) is 3.33. The Morgan fingerprint density at radius 3 is 2.38 bits per heavy atom. The Kier molecular flexibility index (Phi) is 4.50. The topological polar surface area (TPSA) is 77.8 Å². The first-order valence-electron chi connectivity index (χ1n) is 7.34. The van der Waals surface area contributed by atoms with E-state index in [2.05, 4.69) is 15.6 Å². The molecule has 5 heteroatoms. The molecule has 0 atom stereocenters. The summed E-state index contributed by atoms with van der Waals surface area (Å²) < 4.78 is 0. The number of hydrogen-bond donors (Lipinski definition) is 2. The van der Waals surface area contributed by atoms with Crippen LogP contribution < -0.4 is 10.6 Å². The highest BCUT2D eigenvalue weighted by Gasteiger charge is 2.08. The lowest BCUT2D eigenvalue weighted by atomic mass is 10.2. The Bertz CT molecular complexity index is 883. The smallest absolute Gasteiger partial charge is 0.274 e. The summed E-state index contributed by atoms with van der Waals surface area (Å²) in [5, 5.41) is 14.8. The molecule has 2 N–H and O–H groups in total. The van der Waals surface area contributed by atoms with Crippen LogP contribution in [-0.4, -0.2) is 10.9 Å². The number of nitriles is 1. The van der Waals surface area contributed by atoms with E-state index in [0.29, 0.717) is 16.9 Å². The molecule has 0 fully saturated rings. The molecule has 0 aliphatic heterocycles. The van der Waals surface area contributed by atoms with Gasteiger partial charge in [-0.2, -0.15) is 5.26 Å². The van der Waals surface area contributed by atoms with E-state index in [4.69, 9.17) is 5.26 Å². The van der Waals surface area contributed by atoms with Crippen molar-refractivity contribution in [2.24, 2.45) is 0 Å². The number of benzene rings is 2. The van der Waals surface area contributed by atoms with Crippen LogP contribution in [0.4, 0.5) is 17.1 Å². The number of amides is 1. The summed E-state index contributed by atoms with van der Waals surface area (Å²) in [6.45, 7) is 0. The fraction of sp³-hybridized carbons (Fsp3) is 0. The fourth-order valence-electron chi connectivity index (χ4n) is 2.14. The molecular formula is C19H14N4O. The highest BCUT2D eigenvalue weighted by molar-refractivity contribution is 6.03. The van der Waals surface area contributed by atoms with E-state index in [1.54, 1.807) is 42.6 Å². The van der Waals surface area contributed by atoms with E-state index in [1.165, 1.54) is 0 Å². The molecule has 5 nitrogen and oxygen atoms in total. The molecule has 3 rings (SSSR count). The van der Waals surface area contributed by atoms with Gasteiger partial charge in [0.1, 0.15) is 5.69 Å². The van der Waals surface area contributed by atoms with Crippen LogP contribution in [0.3, 0.4) is 0 Å². The van der Waals surface area contributed by atoms with Crippen molar-refractivity contribution in [3.8, 4) is 6.07 Å². The quantitative estimate of drug-likeness (QED) is 0.764. The second kappa shape index (κ2) is 7.07. The molecule has 3 aromatic rings. The van der Waals surface area contributed by atoms with Gasteiger partial charge in [-0.05, 0) is 48.5 Å². The van der Waals surface area contributed by atoms with E-state index in [-0.39, 0.29) is 5.91 Å². The molecule has 0 saturated carbocycles. The predicted molar refractivity (Wildman–Crippen MR) is 93.1 cm³/mol. The highest BCUT2D eigenvalue weighted by atomic mass is 16.1. The first-order chi connectivity index (χ1) is 11.7. The lowest BCUT2D eigenvalue weighted by molar-refractivity contribution is 0.102. The van der Waals surface area contributed by atoms with E-state index >= 15 is 0 Å². The Morgan fingerprint density at radius 1 is 0.917 bits per heavy atom. The van der Waals surface area contributed by atoms with Gasteiger partial charge >= 0.3 is 0 Å². The molecule has 0 spiro atoms. The van der Waals surface area contributed by atoms with E-state index in [1.807, 2.05) is 36.4 Å². The van der Waals surface area contributed by atoms with Crippen molar-refractivity contribution >= 4 is 23.0 Å². The van der Waals surface area contributed by atoms with Crippen molar-refractivity contribution in [3.05, 3.63) is 84.2 Å². The van der Waals surface area contributed by atoms with Crippen LogP contribution in [0.2, 0.25) is 0 Å². The van der Waals surface area contributed by atoms with Crippen molar-refractivity contribution in [1.29, 1.82) is 5.26 Å². The lowest BCUT2D eigenvalue weighted by Gasteiger charge is -2.08. The third kappa shape index (κ3) is 3.76. The molecule has 0 radical (unpaired) electrons. The van der Waals surface area contributed by atoms with Gasteiger partial charge in [0.25, 0.3) is 5.91 Å². The van der Waals surface area contributed by atoms with Crippen molar-refractivity contribution in [1.82, 2.24) is 4.98 Å². The van der Waals surface area contributed by atoms with Gasteiger partial charge in [-0.3, -0.25) is 9.78 Å². The number of nitrogens with zero attached hydrogens (tertiary/aromatic N) is 2. The first-order valence-corrected chi connectivity index (χ1v) is 7.34. The van der Waals surface area contributed by atoms with Crippen molar-refractivity contribution in [3.63, 3.8) is 0 Å². The molecule has 24 heavy (non-hydrogen) atoms. The standard InChI is InChI=1S/C19H14N4O/c20-13-14-6-8-16(9-7-14)23-19(24)18-12-17(10-11-21-18)22-15-4-2-1-3-5-15/h1-12H,(H,21,22)(H,23,24). The maximum Gasteiger partial charge on any atom is 0.274 e. The minimum atomic E-state index is -0.309. The Labute approximate surface area is 139 Å². The Morgan fingerprint density at radius 2 is 1.67 bits per heavy atom. The van der Waals surface area contributed by atoms with Gasteiger partial charge in [-0.15, -0.1) is 0 Å². The molecule has 1 heterocycles. The van der Waals surface area contributed by atoms with Crippen LogP contribution in [0.25, 0.3) is 0 Å². The molecule has 0 aliphatic rings.